The number of nitrogens with two attached hydrogens (primary N) is 1. The molecule has 1 atom stereocenters. The van der Waals surface area contributed by atoms with Gasteiger partial charge in [-0.15, -0.1) is 0 Å². The molecular formula is C9H15F2N5O2. The highest BCUT2D eigenvalue weighted by molar-refractivity contribution is 5.32. The lowest BCUT2D eigenvalue weighted by atomic mass is 10.4. The number of anilines is 2. The number of alkyl halides is 2. The average molecular weight is 263 g/mol. The Morgan fingerprint density at radius 1 is 1.39 bits per heavy atom. The van der Waals surface area contributed by atoms with Crippen molar-refractivity contribution in [2.45, 2.75) is 25.9 Å². The van der Waals surface area contributed by atoms with E-state index in [1.54, 1.807) is 0 Å². The number of ether oxygens (including phenoxy) is 1. The number of nitrogens with one attached hydrogen (secondary N) is 1. The third-order valence-electron chi connectivity index (χ3n) is 1.83. The molecule has 0 saturated carbocycles. The van der Waals surface area contributed by atoms with E-state index in [0.29, 0.717) is 6.61 Å². The van der Waals surface area contributed by atoms with Gasteiger partial charge in [-0.2, -0.15) is 15.0 Å². The van der Waals surface area contributed by atoms with E-state index in [0.717, 1.165) is 6.42 Å². The van der Waals surface area contributed by atoms with Crippen LogP contribution >= 0.6 is 0 Å². The zero-order valence-electron chi connectivity index (χ0n) is 9.81. The summed E-state index contributed by atoms with van der Waals surface area (Å²) in [6.45, 7) is 1.92. The Bertz CT molecular complexity index is 380. The van der Waals surface area contributed by atoms with Crippen LogP contribution in [-0.4, -0.2) is 45.7 Å². The van der Waals surface area contributed by atoms with E-state index in [2.05, 4.69) is 20.3 Å². The summed E-state index contributed by atoms with van der Waals surface area (Å²) in [5, 5.41) is 11.4. The number of nitrogens with zero attached hydrogens (tertiary/aromatic N) is 3. The van der Waals surface area contributed by atoms with Crippen LogP contribution < -0.4 is 15.8 Å². The minimum Gasteiger partial charge on any atom is -0.463 e. The summed E-state index contributed by atoms with van der Waals surface area (Å²) < 4.78 is 29.3. The lowest BCUT2D eigenvalue weighted by molar-refractivity contribution is 0.00376. The van der Waals surface area contributed by atoms with Crippen LogP contribution in [-0.2, 0) is 0 Å². The molecule has 1 unspecified atom stereocenters. The van der Waals surface area contributed by atoms with Gasteiger partial charge in [0, 0.05) is 6.54 Å². The predicted molar refractivity (Wildman–Crippen MR) is 60.5 cm³/mol. The van der Waals surface area contributed by atoms with Gasteiger partial charge >= 0.3 is 6.01 Å². The van der Waals surface area contributed by atoms with Crippen molar-refractivity contribution in [2.75, 3.05) is 24.2 Å². The molecule has 1 aromatic heterocycles. The zero-order chi connectivity index (χ0) is 13.5. The number of aliphatic hydroxyl groups is 1. The molecule has 0 aromatic carbocycles. The van der Waals surface area contributed by atoms with Crippen molar-refractivity contribution in [1.82, 2.24) is 15.0 Å². The second-order valence-electron chi connectivity index (χ2n) is 3.43. The first kappa shape index (κ1) is 14.3. The molecule has 0 amide bonds. The van der Waals surface area contributed by atoms with Gasteiger partial charge < -0.3 is 20.9 Å². The fourth-order valence-corrected chi connectivity index (χ4v) is 0.994. The van der Waals surface area contributed by atoms with Crippen molar-refractivity contribution in [2.24, 2.45) is 0 Å². The smallest absolute Gasteiger partial charge is 0.323 e. The molecule has 4 N–H and O–H groups in total. The van der Waals surface area contributed by atoms with Gasteiger partial charge in [-0.05, 0) is 6.42 Å². The maximum atomic E-state index is 12.1. The van der Waals surface area contributed by atoms with Crippen molar-refractivity contribution in [3.63, 3.8) is 0 Å². The molecule has 0 spiro atoms. The number of rotatable bonds is 7. The van der Waals surface area contributed by atoms with Gasteiger partial charge in [0.1, 0.15) is 6.10 Å². The van der Waals surface area contributed by atoms with E-state index in [4.69, 9.17) is 15.6 Å². The summed E-state index contributed by atoms with van der Waals surface area (Å²) in [7, 11) is 0. The highest BCUT2D eigenvalue weighted by atomic mass is 19.3. The summed E-state index contributed by atoms with van der Waals surface area (Å²) in [5.74, 6) is -0.113. The Morgan fingerprint density at radius 3 is 2.72 bits per heavy atom. The van der Waals surface area contributed by atoms with Gasteiger partial charge in [0.05, 0.1) is 6.61 Å². The van der Waals surface area contributed by atoms with Crippen molar-refractivity contribution >= 4 is 11.9 Å². The van der Waals surface area contributed by atoms with Crippen molar-refractivity contribution in [1.29, 1.82) is 0 Å². The normalized spacial score (nSPS) is 12.5. The molecule has 18 heavy (non-hydrogen) atoms. The highest BCUT2D eigenvalue weighted by Crippen LogP contribution is 2.10. The summed E-state index contributed by atoms with van der Waals surface area (Å²) in [6, 6.07) is 0.0124. The molecular weight excluding hydrogens is 248 g/mol. The number of hydrogen-bond donors (Lipinski definition) is 3. The minimum atomic E-state index is -2.84. The first-order valence-electron chi connectivity index (χ1n) is 5.37. The van der Waals surface area contributed by atoms with Gasteiger partial charge in [0.2, 0.25) is 11.9 Å². The van der Waals surface area contributed by atoms with E-state index in [1.807, 2.05) is 6.92 Å². The van der Waals surface area contributed by atoms with Gasteiger partial charge in [-0.3, -0.25) is 0 Å². The van der Waals surface area contributed by atoms with Crippen LogP contribution in [0.1, 0.15) is 13.3 Å². The first-order chi connectivity index (χ1) is 8.52. The molecule has 1 aromatic rings. The quantitative estimate of drug-likeness (QED) is 0.648. The van der Waals surface area contributed by atoms with Gasteiger partial charge in [0.25, 0.3) is 6.43 Å². The molecule has 0 fully saturated rings. The van der Waals surface area contributed by atoms with Crippen LogP contribution in [0.15, 0.2) is 0 Å². The monoisotopic (exact) mass is 263 g/mol. The molecule has 1 heterocycles. The summed E-state index contributed by atoms with van der Waals surface area (Å²) in [6.07, 6.45) is -3.88. The van der Waals surface area contributed by atoms with Crippen LogP contribution in [0.3, 0.4) is 0 Å². The number of hydrogen-bond acceptors (Lipinski definition) is 7. The SMILES string of the molecule is CCCOc1nc(N)nc(NCC(O)C(F)F)n1. The van der Waals surface area contributed by atoms with Crippen LogP contribution in [0.2, 0.25) is 0 Å². The maximum Gasteiger partial charge on any atom is 0.323 e. The lowest BCUT2D eigenvalue weighted by Gasteiger charge is -2.11. The summed E-state index contributed by atoms with van der Waals surface area (Å²) in [5.41, 5.74) is 5.40. The minimum absolute atomic E-state index is 0.0124. The Labute approximate surface area is 102 Å². The van der Waals surface area contributed by atoms with E-state index in [1.165, 1.54) is 0 Å². The molecule has 0 aliphatic rings. The molecule has 0 aliphatic carbocycles. The van der Waals surface area contributed by atoms with Crippen LogP contribution in [0.4, 0.5) is 20.7 Å². The third kappa shape index (κ3) is 4.62. The summed E-state index contributed by atoms with van der Waals surface area (Å²) >= 11 is 0. The highest BCUT2D eigenvalue weighted by Gasteiger charge is 2.17. The average Bonchev–Trinajstić information content (AvgIpc) is 2.32. The second-order valence-corrected chi connectivity index (χ2v) is 3.43. The topological polar surface area (TPSA) is 106 Å². The van der Waals surface area contributed by atoms with Gasteiger partial charge in [-0.1, -0.05) is 6.92 Å². The van der Waals surface area contributed by atoms with Crippen LogP contribution in [0.25, 0.3) is 0 Å². The predicted octanol–water partition coefficient (Wildman–Crippen LogP) is 0.280. The van der Waals surface area contributed by atoms with Crippen molar-refractivity contribution in [3.8, 4) is 6.01 Å². The molecule has 0 bridgehead atoms. The van der Waals surface area contributed by atoms with Crippen LogP contribution in [0.5, 0.6) is 6.01 Å². The van der Waals surface area contributed by atoms with E-state index >= 15 is 0 Å². The third-order valence-corrected chi connectivity index (χ3v) is 1.83. The largest absolute Gasteiger partial charge is 0.463 e. The van der Waals surface area contributed by atoms with E-state index in [9.17, 15) is 8.78 Å². The molecule has 102 valence electrons. The standard InChI is InChI=1S/C9H15F2N5O2/c1-2-3-18-9-15-7(12)14-8(16-9)13-4-5(17)6(10)11/h5-6,17H,2-4H2,1H3,(H3,12,13,14,15,16). The number of aromatic nitrogens is 3. The molecule has 7 nitrogen and oxygen atoms in total. The molecule has 1 rings (SSSR count). The molecule has 0 radical (unpaired) electrons. The Balaban J connectivity index is 2.62. The number of aliphatic hydroxyl groups excluding tert-OH is 1. The zero-order valence-corrected chi connectivity index (χ0v) is 9.81. The number of nitrogen functional groups attached to an aromatic ring is 1. The summed E-state index contributed by atoms with van der Waals surface area (Å²) in [4.78, 5) is 11.2. The Hall–Kier alpha value is -1.77. The van der Waals surface area contributed by atoms with E-state index in [-0.39, 0.29) is 17.9 Å². The van der Waals surface area contributed by atoms with Crippen molar-refractivity contribution < 1.29 is 18.6 Å². The van der Waals surface area contributed by atoms with Gasteiger partial charge in [0.15, 0.2) is 0 Å². The maximum absolute atomic E-state index is 12.1. The Kier molecular flexibility index (Phi) is 5.43. The fourth-order valence-electron chi connectivity index (χ4n) is 0.994. The van der Waals surface area contributed by atoms with Crippen molar-refractivity contribution in [3.05, 3.63) is 0 Å². The Morgan fingerprint density at radius 2 is 2.11 bits per heavy atom. The second kappa shape index (κ2) is 6.84. The molecule has 0 aliphatic heterocycles. The van der Waals surface area contributed by atoms with Crippen LogP contribution in [0, 0.1) is 0 Å². The first-order valence-corrected chi connectivity index (χ1v) is 5.37. The molecule has 0 saturated heterocycles. The van der Waals surface area contributed by atoms with E-state index < -0.39 is 19.1 Å². The number of halogens is 2. The molecule has 9 heteroatoms. The lowest BCUT2D eigenvalue weighted by Crippen LogP contribution is -2.27. The fraction of sp³-hybridized carbons (Fsp3) is 0.667. The van der Waals surface area contributed by atoms with Gasteiger partial charge in [-0.25, -0.2) is 8.78 Å².